The minimum atomic E-state index is -0.626. The Morgan fingerprint density at radius 1 is 1.37 bits per heavy atom. The molecule has 0 radical (unpaired) electrons. The monoisotopic (exact) mass is 547 g/mol. The third-order valence-corrected chi connectivity index (χ3v) is 6.35. The molecule has 3 rings (SSSR count). The summed E-state index contributed by atoms with van der Waals surface area (Å²) in [5.41, 5.74) is 1.05. The lowest BCUT2D eigenvalue weighted by Gasteiger charge is -2.23. The van der Waals surface area contributed by atoms with Crippen molar-refractivity contribution < 1.29 is 19.4 Å². The maximum absolute atomic E-state index is 13.2. The molecule has 0 amide bonds. The summed E-state index contributed by atoms with van der Waals surface area (Å²) in [7, 11) is 5.56. The van der Waals surface area contributed by atoms with E-state index in [9.17, 15) is 9.90 Å². The quantitative estimate of drug-likeness (QED) is 0.158. The van der Waals surface area contributed by atoms with Gasteiger partial charge in [-0.25, -0.2) is 14.8 Å². The van der Waals surface area contributed by atoms with Crippen LogP contribution in [0.1, 0.15) is 42.1 Å². The third-order valence-electron chi connectivity index (χ3n) is 6.05. The first-order chi connectivity index (χ1) is 18.4. The van der Waals surface area contributed by atoms with E-state index in [1.807, 2.05) is 32.0 Å². The van der Waals surface area contributed by atoms with Crippen LogP contribution in [0.25, 0.3) is 0 Å². The molecule has 1 fully saturated rings. The zero-order valence-corrected chi connectivity index (χ0v) is 23.3. The van der Waals surface area contributed by atoms with Crippen LogP contribution in [0.15, 0.2) is 29.4 Å². The number of aliphatic imine (C=N–C) groups is 1. The van der Waals surface area contributed by atoms with Gasteiger partial charge in [-0.05, 0) is 64.5 Å². The van der Waals surface area contributed by atoms with Crippen molar-refractivity contribution in [3.63, 3.8) is 0 Å². The van der Waals surface area contributed by atoms with Crippen molar-refractivity contribution in [2.45, 2.75) is 38.8 Å². The Labute approximate surface area is 229 Å². The van der Waals surface area contributed by atoms with Crippen molar-refractivity contribution in [1.82, 2.24) is 20.2 Å². The molecule has 12 heteroatoms. The summed E-state index contributed by atoms with van der Waals surface area (Å²) in [6.07, 6.45) is 4.07. The Morgan fingerprint density at radius 2 is 2.18 bits per heavy atom. The maximum Gasteiger partial charge on any atom is 0.351 e. The highest BCUT2D eigenvalue weighted by Crippen LogP contribution is 2.27. The molecule has 0 aliphatic carbocycles. The molecule has 38 heavy (non-hydrogen) atoms. The molecule has 0 spiro atoms. The topological polar surface area (TPSA) is 124 Å². The number of ether oxygens (including phenoxy) is 2. The highest BCUT2D eigenvalue weighted by atomic mass is 35.5. The molecule has 208 valence electrons. The van der Waals surface area contributed by atoms with Gasteiger partial charge in [0, 0.05) is 32.4 Å². The van der Waals surface area contributed by atoms with Gasteiger partial charge in [-0.2, -0.15) is 4.98 Å². The van der Waals surface area contributed by atoms with Gasteiger partial charge >= 0.3 is 5.97 Å². The second kappa shape index (κ2) is 14.7. The molecular weight excluding hydrogens is 510 g/mol. The minimum absolute atomic E-state index is 0.0105. The third kappa shape index (κ3) is 8.17. The van der Waals surface area contributed by atoms with Gasteiger partial charge < -0.3 is 35.0 Å². The van der Waals surface area contributed by atoms with E-state index in [1.54, 1.807) is 19.2 Å². The van der Waals surface area contributed by atoms with E-state index in [0.717, 1.165) is 37.9 Å². The number of carbonyl (C=O) groups is 1. The van der Waals surface area contributed by atoms with Crippen LogP contribution in [0.2, 0.25) is 5.02 Å². The van der Waals surface area contributed by atoms with E-state index in [2.05, 4.69) is 30.5 Å². The number of carbonyl (C=O) groups excluding carboxylic acids is 1. The lowest BCUT2D eigenvalue weighted by atomic mass is 10.2. The van der Waals surface area contributed by atoms with Crippen molar-refractivity contribution in [3.05, 3.63) is 40.5 Å². The molecule has 0 bridgehead atoms. The number of nitrogens with one attached hydrogen (secondary N) is 2. The molecule has 3 N–H and O–H groups in total. The zero-order chi connectivity index (χ0) is 27.5. The number of aliphatic hydroxyl groups excluding tert-OH is 1. The largest absolute Gasteiger partial charge is 0.495 e. The van der Waals surface area contributed by atoms with Gasteiger partial charge in [-0.3, -0.25) is 0 Å². The summed E-state index contributed by atoms with van der Waals surface area (Å²) in [5.74, 6) is 0.713. The van der Waals surface area contributed by atoms with Gasteiger partial charge in [0.05, 0.1) is 24.8 Å². The Kier molecular flexibility index (Phi) is 11.4. The van der Waals surface area contributed by atoms with Crippen molar-refractivity contribution in [1.29, 1.82) is 0 Å². The first-order valence-corrected chi connectivity index (χ1v) is 13.2. The molecule has 1 aromatic carbocycles. The smallest absolute Gasteiger partial charge is 0.351 e. The fourth-order valence-corrected chi connectivity index (χ4v) is 4.36. The van der Waals surface area contributed by atoms with Crippen LogP contribution in [0, 0.1) is 0 Å². The number of methoxy groups -OCH3 is 1. The number of halogens is 1. The fraction of sp³-hybridized carbons (Fsp3) is 0.538. The fourth-order valence-electron chi connectivity index (χ4n) is 4.08. The van der Waals surface area contributed by atoms with Gasteiger partial charge in [0.2, 0.25) is 5.95 Å². The molecule has 11 nitrogen and oxygen atoms in total. The van der Waals surface area contributed by atoms with Gasteiger partial charge in [0.15, 0.2) is 0 Å². The second-order valence-electron chi connectivity index (χ2n) is 9.19. The summed E-state index contributed by atoms with van der Waals surface area (Å²) in [5, 5.41) is 16.5. The highest BCUT2D eigenvalue weighted by molar-refractivity contribution is 6.32. The number of hydrogen-bond donors (Lipinski definition) is 3. The first kappa shape index (κ1) is 29.4. The Balaban J connectivity index is 1.84. The Morgan fingerprint density at radius 3 is 2.87 bits per heavy atom. The summed E-state index contributed by atoms with van der Waals surface area (Å²) in [6, 6.07) is 5.55. The number of amidine groups is 1. The normalized spacial score (nSPS) is 15.6. The van der Waals surface area contributed by atoms with Crippen LogP contribution < -0.4 is 20.3 Å². The standard InChI is InChI=1S/C26H38ClN7O4/c1-5-28-26(29-11-7-12-33(2)3)38-24(36)20-16-31-25(34-13-6-8-19(34)17-35)32-23(20)30-15-18-9-10-22(37-4)21(27)14-18/h9-10,14,16,19,35H,5-8,11-13,15,17H2,1-4H3,(H,28,29)(H,30,31,32)/t19-/m0/s1. The Hall–Kier alpha value is -3.15. The van der Waals surface area contributed by atoms with Crippen LogP contribution in [0.3, 0.4) is 0 Å². The van der Waals surface area contributed by atoms with Crippen LogP contribution in [0.4, 0.5) is 11.8 Å². The van der Waals surface area contributed by atoms with Crippen molar-refractivity contribution in [2.75, 3.05) is 64.2 Å². The first-order valence-electron chi connectivity index (χ1n) is 12.8. The number of benzene rings is 1. The van der Waals surface area contributed by atoms with E-state index in [4.69, 9.17) is 21.1 Å². The van der Waals surface area contributed by atoms with E-state index in [0.29, 0.717) is 42.2 Å². The lowest BCUT2D eigenvalue weighted by Crippen LogP contribution is -2.34. The molecule has 2 aromatic rings. The molecular formula is C26H38ClN7O4. The minimum Gasteiger partial charge on any atom is -0.495 e. The Bertz CT molecular complexity index is 1100. The van der Waals surface area contributed by atoms with E-state index >= 15 is 0 Å². The van der Waals surface area contributed by atoms with E-state index in [-0.39, 0.29) is 24.2 Å². The van der Waals surface area contributed by atoms with Gasteiger partial charge in [-0.1, -0.05) is 17.7 Å². The predicted molar refractivity (Wildman–Crippen MR) is 149 cm³/mol. The highest BCUT2D eigenvalue weighted by Gasteiger charge is 2.28. The number of hydrogen-bond acceptors (Lipinski definition) is 10. The predicted octanol–water partition coefficient (Wildman–Crippen LogP) is 2.79. The van der Waals surface area contributed by atoms with Gasteiger partial charge in [0.25, 0.3) is 6.02 Å². The summed E-state index contributed by atoms with van der Waals surface area (Å²) in [6.45, 7) is 4.94. The zero-order valence-electron chi connectivity index (χ0n) is 22.5. The molecule has 1 aliphatic heterocycles. The average Bonchev–Trinajstić information content (AvgIpc) is 3.39. The molecule has 0 unspecified atom stereocenters. The van der Waals surface area contributed by atoms with E-state index in [1.165, 1.54) is 6.20 Å². The van der Waals surface area contributed by atoms with Crippen LogP contribution in [0.5, 0.6) is 5.75 Å². The van der Waals surface area contributed by atoms with Crippen molar-refractivity contribution in [2.24, 2.45) is 4.99 Å². The molecule has 1 saturated heterocycles. The van der Waals surface area contributed by atoms with Gasteiger partial charge in [0.1, 0.15) is 17.1 Å². The second-order valence-corrected chi connectivity index (χ2v) is 9.60. The molecule has 0 saturated carbocycles. The van der Waals surface area contributed by atoms with Crippen molar-refractivity contribution >= 4 is 35.4 Å². The maximum atomic E-state index is 13.2. The van der Waals surface area contributed by atoms with Gasteiger partial charge in [-0.15, -0.1) is 0 Å². The van der Waals surface area contributed by atoms with Crippen LogP contribution in [-0.2, 0) is 11.3 Å². The number of aliphatic hydroxyl groups is 1. The summed E-state index contributed by atoms with van der Waals surface area (Å²) < 4.78 is 10.8. The lowest BCUT2D eigenvalue weighted by molar-refractivity contribution is 0.0707. The number of aromatic nitrogens is 2. The molecule has 1 aliphatic rings. The van der Waals surface area contributed by atoms with Crippen molar-refractivity contribution in [3.8, 4) is 5.75 Å². The van der Waals surface area contributed by atoms with Crippen LogP contribution in [-0.4, -0.2) is 92.0 Å². The summed E-state index contributed by atoms with van der Waals surface area (Å²) in [4.78, 5) is 30.8. The molecule has 1 atom stereocenters. The summed E-state index contributed by atoms with van der Waals surface area (Å²) >= 11 is 6.29. The average molecular weight is 548 g/mol. The SMILES string of the molecule is CCNC(=NCCCN(C)C)OC(=O)c1cnc(N2CCC[C@H]2CO)nc1NCc1ccc(OC)c(Cl)c1. The van der Waals surface area contributed by atoms with E-state index < -0.39 is 5.97 Å². The number of rotatable bonds is 12. The number of nitrogens with zero attached hydrogens (tertiary/aromatic N) is 5. The van der Waals surface area contributed by atoms with Crippen LogP contribution >= 0.6 is 11.6 Å². The molecule has 2 heterocycles. The number of esters is 1. The molecule has 1 aromatic heterocycles. The number of anilines is 2.